The zero-order chi connectivity index (χ0) is 10.4. The van der Waals surface area contributed by atoms with Gasteiger partial charge in [-0.25, -0.2) is 4.39 Å². The summed E-state index contributed by atoms with van der Waals surface area (Å²) in [6.07, 6.45) is 10.2. The highest BCUT2D eigenvalue weighted by Crippen LogP contribution is 2.23. The van der Waals surface area contributed by atoms with Gasteiger partial charge in [0.25, 0.3) is 0 Å². The zero-order valence-corrected chi connectivity index (χ0v) is 8.58. The zero-order valence-electron chi connectivity index (χ0n) is 8.58. The van der Waals surface area contributed by atoms with Gasteiger partial charge in [-0.1, -0.05) is 19.1 Å². The average Bonchev–Trinajstić information content (AvgIpc) is 2.18. The molecule has 3 atom stereocenters. The molecule has 0 aromatic rings. The lowest BCUT2D eigenvalue weighted by atomic mass is 9.93. The van der Waals surface area contributed by atoms with E-state index in [2.05, 4.69) is 5.92 Å². The molecule has 1 aliphatic rings. The predicted molar refractivity (Wildman–Crippen MR) is 55.6 cm³/mol. The topological polar surface area (TPSA) is 9.23 Å². The van der Waals surface area contributed by atoms with Crippen molar-refractivity contribution in [3.63, 3.8) is 0 Å². The standard InChI is InChI=1S/C12H17FO/c1-3-4-5-8-14-11-6-7-12(13)10(2)9-11/h1,6-7,10-12H,4-5,8-9H2,2H3. The quantitative estimate of drug-likeness (QED) is 0.381. The Hall–Kier alpha value is -0.810. The third kappa shape index (κ3) is 3.51. The van der Waals surface area contributed by atoms with Crippen LogP contribution in [0.25, 0.3) is 0 Å². The molecular formula is C12H17FO. The van der Waals surface area contributed by atoms with E-state index in [9.17, 15) is 4.39 Å². The first kappa shape index (κ1) is 11.3. The maximum Gasteiger partial charge on any atom is 0.121 e. The van der Waals surface area contributed by atoms with E-state index < -0.39 is 6.17 Å². The number of terminal acetylenes is 1. The Bertz CT molecular complexity index is 229. The smallest absolute Gasteiger partial charge is 0.121 e. The summed E-state index contributed by atoms with van der Waals surface area (Å²) in [5.41, 5.74) is 0. The number of allylic oxidation sites excluding steroid dienone is 1. The second-order valence-electron chi connectivity index (χ2n) is 3.76. The van der Waals surface area contributed by atoms with E-state index in [4.69, 9.17) is 11.2 Å². The molecule has 0 fully saturated rings. The minimum atomic E-state index is -0.805. The Labute approximate surface area is 85.3 Å². The van der Waals surface area contributed by atoms with Crippen LogP contribution in [0.2, 0.25) is 0 Å². The Kier molecular flexibility index (Phi) is 4.69. The van der Waals surface area contributed by atoms with Crippen LogP contribution in [-0.4, -0.2) is 18.9 Å². The molecule has 1 aliphatic carbocycles. The molecule has 0 saturated carbocycles. The maximum atomic E-state index is 13.0. The first-order valence-electron chi connectivity index (χ1n) is 5.11. The van der Waals surface area contributed by atoms with Crippen LogP contribution in [0.3, 0.4) is 0 Å². The van der Waals surface area contributed by atoms with Gasteiger partial charge in [0, 0.05) is 13.0 Å². The summed E-state index contributed by atoms with van der Waals surface area (Å²) in [5, 5.41) is 0. The Balaban J connectivity index is 2.20. The lowest BCUT2D eigenvalue weighted by Gasteiger charge is -2.24. The lowest BCUT2D eigenvalue weighted by molar-refractivity contribution is 0.0533. The van der Waals surface area contributed by atoms with E-state index in [1.165, 1.54) is 0 Å². The molecule has 0 saturated heterocycles. The molecule has 0 aliphatic heterocycles. The van der Waals surface area contributed by atoms with E-state index in [1.54, 1.807) is 6.08 Å². The summed E-state index contributed by atoms with van der Waals surface area (Å²) < 4.78 is 18.6. The number of ether oxygens (including phenoxy) is 1. The van der Waals surface area contributed by atoms with Crippen LogP contribution in [0.4, 0.5) is 4.39 Å². The molecule has 0 aromatic carbocycles. The van der Waals surface area contributed by atoms with Crippen molar-refractivity contribution in [2.75, 3.05) is 6.61 Å². The van der Waals surface area contributed by atoms with E-state index in [0.717, 1.165) is 19.3 Å². The van der Waals surface area contributed by atoms with Gasteiger partial charge in [-0.2, -0.15) is 0 Å². The van der Waals surface area contributed by atoms with Crippen molar-refractivity contribution in [1.29, 1.82) is 0 Å². The monoisotopic (exact) mass is 196 g/mol. The lowest BCUT2D eigenvalue weighted by Crippen LogP contribution is -2.24. The number of hydrogen-bond acceptors (Lipinski definition) is 1. The van der Waals surface area contributed by atoms with Crippen molar-refractivity contribution < 1.29 is 9.13 Å². The summed E-state index contributed by atoms with van der Waals surface area (Å²) in [4.78, 5) is 0. The van der Waals surface area contributed by atoms with E-state index in [1.807, 2.05) is 13.0 Å². The molecule has 0 N–H and O–H groups in total. The van der Waals surface area contributed by atoms with Crippen LogP contribution < -0.4 is 0 Å². The highest BCUT2D eigenvalue weighted by atomic mass is 19.1. The molecule has 78 valence electrons. The molecule has 0 aromatic heterocycles. The molecule has 0 spiro atoms. The second-order valence-corrected chi connectivity index (χ2v) is 3.76. The molecule has 0 amide bonds. The minimum absolute atomic E-state index is 0.0673. The molecule has 2 heteroatoms. The molecule has 1 rings (SSSR count). The van der Waals surface area contributed by atoms with Crippen molar-refractivity contribution >= 4 is 0 Å². The first-order chi connectivity index (χ1) is 6.74. The summed E-state index contributed by atoms with van der Waals surface area (Å²) >= 11 is 0. The van der Waals surface area contributed by atoms with Gasteiger partial charge in [0.1, 0.15) is 6.17 Å². The van der Waals surface area contributed by atoms with Crippen molar-refractivity contribution in [3.8, 4) is 12.3 Å². The SMILES string of the molecule is C#CCCCOC1C=CC(F)C(C)C1. The van der Waals surface area contributed by atoms with Crippen molar-refractivity contribution in [3.05, 3.63) is 12.2 Å². The Morgan fingerprint density at radius 1 is 1.57 bits per heavy atom. The van der Waals surface area contributed by atoms with Gasteiger partial charge in [-0.05, 0) is 18.8 Å². The van der Waals surface area contributed by atoms with Gasteiger partial charge in [0.15, 0.2) is 0 Å². The highest BCUT2D eigenvalue weighted by molar-refractivity contribution is 5.02. The first-order valence-corrected chi connectivity index (χ1v) is 5.11. The molecule has 3 unspecified atom stereocenters. The van der Waals surface area contributed by atoms with Gasteiger partial charge in [0.05, 0.1) is 6.10 Å². The van der Waals surface area contributed by atoms with Crippen LogP contribution in [-0.2, 0) is 4.74 Å². The largest absolute Gasteiger partial charge is 0.374 e. The van der Waals surface area contributed by atoms with Gasteiger partial charge in [-0.15, -0.1) is 12.3 Å². The van der Waals surface area contributed by atoms with Crippen LogP contribution >= 0.6 is 0 Å². The van der Waals surface area contributed by atoms with Crippen LogP contribution in [0, 0.1) is 18.3 Å². The third-order valence-corrected chi connectivity index (χ3v) is 2.45. The summed E-state index contributed by atoms with van der Waals surface area (Å²) in [7, 11) is 0. The number of unbranched alkanes of at least 4 members (excludes halogenated alkanes) is 1. The Morgan fingerprint density at radius 3 is 3.00 bits per heavy atom. The summed E-state index contributed by atoms with van der Waals surface area (Å²) in [6, 6.07) is 0. The van der Waals surface area contributed by atoms with E-state index in [0.29, 0.717) is 6.61 Å². The maximum absolute atomic E-state index is 13.0. The molecular weight excluding hydrogens is 179 g/mol. The van der Waals surface area contributed by atoms with E-state index in [-0.39, 0.29) is 12.0 Å². The second kappa shape index (κ2) is 5.82. The highest BCUT2D eigenvalue weighted by Gasteiger charge is 2.22. The van der Waals surface area contributed by atoms with Crippen molar-refractivity contribution in [1.82, 2.24) is 0 Å². The summed E-state index contributed by atoms with van der Waals surface area (Å²) in [5.74, 6) is 2.63. The normalized spacial score (nSPS) is 31.4. The fourth-order valence-electron chi connectivity index (χ4n) is 1.53. The average molecular weight is 196 g/mol. The number of rotatable bonds is 4. The van der Waals surface area contributed by atoms with Crippen molar-refractivity contribution in [2.45, 2.75) is 38.5 Å². The minimum Gasteiger partial charge on any atom is -0.374 e. The number of hydrogen-bond donors (Lipinski definition) is 0. The molecule has 0 heterocycles. The fourth-order valence-corrected chi connectivity index (χ4v) is 1.53. The van der Waals surface area contributed by atoms with Gasteiger partial charge < -0.3 is 4.74 Å². The molecule has 0 bridgehead atoms. The fraction of sp³-hybridized carbons (Fsp3) is 0.667. The summed E-state index contributed by atoms with van der Waals surface area (Å²) in [6.45, 7) is 2.58. The predicted octanol–water partition coefficient (Wildman–Crippen LogP) is 2.72. The van der Waals surface area contributed by atoms with E-state index >= 15 is 0 Å². The van der Waals surface area contributed by atoms with Crippen LogP contribution in [0.15, 0.2) is 12.2 Å². The third-order valence-electron chi connectivity index (χ3n) is 2.45. The molecule has 0 radical (unpaired) electrons. The number of alkyl halides is 1. The van der Waals surface area contributed by atoms with Gasteiger partial charge in [-0.3, -0.25) is 0 Å². The van der Waals surface area contributed by atoms with Crippen LogP contribution in [0.5, 0.6) is 0 Å². The number of halogens is 1. The van der Waals surface area contributed by atoms with Crippen LogP contribution in [0.1, 0.15) is 26.2 Å². The Morgan fingerprint density at radius 2 is 2.36 bits per heavy atom. The molecule has 14 heavy (non-hydrogen) atoms. The van der Waals surface area contributed by atoms with Gasteiger partial charge in [0.2, 0.25) is 0 Å². The van der Waals surface area contributed by atoms with Gasteiger partial charge >= 0.3 is 0 Å². The van der Waals surface area contributed by atoms with Crippen molar-refractivity contribution in [2.24, 2.45) is 5.92 Å². The molecule has 1 nitrogen and oxygen atoms in total.